The van der Waals surface area contributed by atoms with Gasteiger partial charge in [-0.2, -0.15) is 0 Å². The molecule has 1 saturated heterocycles. The minimum Gasteiger partial charge on any atom is -0.444 e. The monoisotopic (exact) mass is 476 g/mol. The van der Waals surface area contributed by atoms with Crippen molar-refractivity contribution in [2.45, 2.75) is 65.6 Å². The van der Waals surface area contributed by atoms with Crippen LogP contribution in [-0.2, 0) is 9.47 Å². The molecule has 0 spiro atoms. The van der Waals surface area contributed by atoms with E-state index in [0.717, 1.165) is 12.8 Å². The Hall–Kier alpha value is -2.42. The highest BCUT2D eigenvalue weighted by molar-refractivity contribution is 5.68. The van der Waals surface area contributed by atoms with Crippen molar-refractivity contribution in [2.75, 3.05) is 65.4 Å². The fraction of sp³-hybridized carbons (Fsp3) is 0.769. The zero-order valence-corrected chi connectivity index (χ0v) is 22.1. The van der Waals surface area contributed by atoms with E-state index < -0.39 is 11.2 Å². The summed E-state index contributed by atoms with van der Waals surface area (Å²) in [6, 6.07) is 0. The van der Waals surface area contributed by atoms with Crippen molar-refractivity contribution in [1.29, 1.82) is 0 Å². The van der Waals surface area contributed by atoms with E-state index in [9.17, 15) is 9.59 Å². The van der Waals surface area contributed by atoms with Gasteiger partial charge in [0.05, 0.1) is 13.1 Å². The molecule has 8 heteroatoms. The lowest BCUT2D eigenvalue weighted by molar-refractivity contribution is 0.0186. The number of carbonyl (C=O) groups excluding carboxylic acids is 2. The molecule has 0 aromatic carbocycles. The van der Waals surface area contributed by atoms with Crippen LogP contribution in [-0.4, -0.2) is 108 Å². The van der Waals surface area contributed by atoms with E-state index in [-0.39, 0.29) is 12.2 Å². The number of nitrogens with zero attached hydrogens (tertiary/aromatic N) is 4. The van der Waals surface area contributed by atoms with Gasteiger partial charge in [-0.1, -0.05) is 11.8 Å². The molecule has 1 rings (SSSR count). The minimum atomic E-state index is -0.560. The van der Waals surface area contributed by atoms with E-state index in [1.165, 1.54) is 0 Å². The van der Waals surface area contributed by atoms with Crippen LogP contribution >= 0.6 is 0 Å². The maximum atomic E-state index is 12.8. The van der Waals surface area contributed by atoms with Crippen LogP contribution in [0.2, 0.25) is 0 Å². The van der Waals surface area contributed by atoms with Crippen LogP contribution in [0.1, 0.15) is 54.4 Å². The van der Waals surface area contributed by atoms with Crippen LogP contribution in [0.4, 0.5) is 9.59 Å². The standard InChI is InChI=1S/C26H44N4O4/c1-9-13-27-15-11-17-30(24(32)34-26(6,7)8)22-20-28(14-10-2)16-12-18-29(21-19-27)23(31)33-25(3,4)5/h1-2H,11-22H2,3-8H3. The highest BCUT2D eigenvalue weighted by Crippen LogP contribution is 2.13. The molecule has 192 valence electrons. The van der Waals surface area contributed by atoms with Crippen molar-refractivity contribution in [3.8, 4) is 24.7 Å². The Kier molecular flexibility index (Phi) is 12.3. The summed E-state index contributed by atoms with van der Waals surface area (Å²) < 4.78 is 11.2. The molecular weight excluding hydrogens is 432 g/mol. The molecule has 0 aromatic rings. The van der Waals surface area contributed by atoms with Crippen LogP contribution in [0.25, 0.3) is 0 Å². The van der Waals surface area contributed by atoms with Crippen molar-refractivity contribution in [2.24, 2.45) is 0 Å². The Morgan fingerprint density at radius 2 is 1.00 bits per heavy atom. The van der Waals surface area contributed by atoms with Gasteiger partial charge in [0.1, 0.15) is 11.2 Å². The van der Waals surface area contributed by atoms with Crippen molar-refractivity contribution in [1.82, 2.24) is 19.6 Å². The third-order valence-electron chi connectivity index (χ3n) is 5.11. The maximum Gasteiger partial charge on any atom is 0.410 e. The number of terminal acetylenes is 2. The Morgan fingerprint density at radius 1 is 0.647 bits per heavy atom. The minimum absolute atomic E-state index is 0.320. The Balaban J connectivity index is 2.99. The van der Waals surface area contributed by atoms with Gasteiger partial charge in [-0.05, 0) is 54.4 Å². The first-order chi connectivity index (χ1) is 15.8. The highest BCUT2D eigenvalue weighted by atomic mass is 16.6. The second kappa shape index (κ2) is 14.1. The van der Waals surface area contributed by atoms with Gasteiger partial charge < -0.3 is 19.3 Å². The van der Waals surface area contributed by atoms with E-state index in [0.29, 0.717) is 65.4 Å². The van der Waals surface area contributed by atoms with Gasteiger partial charge in [0, 0.05) is 52.4 Å². The predicted molar refractivity (Wildman–Crippen MR) is 135 cm³/mol. The van der Waals surface area contributed by atoms with Gasteiger partial charge in [-0.15, -0.1) is 12.8 Å². The molecule has 0 atom stereocenters. The highest BCUT2D eigenvalue weighted by Gasteiger charge is 2.25. The summed E-state index contributed by atoms with van der Waals surface area (Å²) in [5, 5.41) is 0. The first kappa shape index (κ1) is 29.6. The number of hydrogen-bond donors (Lipinski definition) is 0. The lowest BCUT2D eigenvalue weighted by atomic mass is 10.2. The Morgan fingerprint density at radius 3 is 1.29 bits per heavy atom. The van der Waals surface area contributed by atoms with Crippen LogP contribution in [0, 0.1) is 24.7 Å². The molecule has 0 N–H and O–H groups in total. The lowest BCUT2D eigenvalue weighted by Gasteiger charge is -2.32. The Labute approximate surface area is 206 Å². The molecule has 8 nitrogen and oxygen atoms in total. The van der Waals surface area contributed by atoms with Crippen LogP contribution in [0.5, 0.6) is 0 Å². The van der Waals surface area contributed by atoms with Gasteiger partial charge in [-0.3, -0.25) is 9.80 Å². The number of carbonyl (C=O) groups is 2. The molecule has 1 heterocycles. The van der Waals surface area contributed by atoms with E-state index in [4.69, 9.17) is 22.3 Å². The van der Waals surface area contributed by atoms with Crippen molar-refractivity contribution in [3.05, 3.63) is 0 Å². The number of amides is 2. The molecule has 2 amide bonds. The molecule has 0 unspecified atom stereocenters. The van der Waals surface area contributed by atoms with Gasteiger partial charge >= 0.3 is 12.2 Å². The van der Waals surface area contributed by atoms with Crippen LogP contribution in [0.15, 0.2) is 0 Å². The maximum absolute atomic E-state index is 12.8. The molecule has 0 radical (unpaired) electrons. The van der Waals surface area contributed by atoms with Gasteiger partial charge in [0.25, 0.3) is 0 Å². The molecule has 1 fully saturated rings. The zero-order chi connectivity index (χ0) is 25.8. The number of hydrogen-bond acceptors (Lipinski definition) is 6. The Bertz CT molecular complexity index is 665. The van der Waals surface area contributed by atoms with Gasteiger partial charge in [-0.25, -0.2) is 9.59 Å². The van der Waals surface area contributed by atoms with E-state index >= 15 is 0 Å². The second-order valence-corrected chi connectivity index (χ2v) is 10.6. The smallest absolute Gasteiger partial charge is 0.410 e. The second-order valence-electron chi connectivity index (χ2n) is 10.6. The normalized spacial score (nSPS) is 18.4. The number of rotatable bonds is 2. The first-order valence-electron chi connectivity index (χ1n) is 12.1. The summed E-state index contributed by atoms with van der Waals surface area (Å²) in [4.78, 5) is 33.4. The summed E-state index contributed by atoms with van der Waals surface area (Å²) >= 11 is 0. The van der Waals surface area contributed by atoms with Crippen molar-refractivity contribution < 1.29 is 19.1 Å². The molecule has 0 bridgehead atoms. The zero-order valence-electron chi connectivity index (χ0n) is 22.1. The average Bonchev–Trinajstić information content (AvgIpc) is 2.69. The fourth-order valence-corrected chi connectivity index (χ4v) is 3.53. The topological polar surface area (TPSA) is 65.6 Å². The average molecular weight is 477 g/mol. The largest absolute Gasteiger partial charge is 0.444 e. The summed E-state index contributed by atoms with van der Waals surface area (Å²) in [7, 11) is 0. The molecule has 0 saturated carbocycles. The fourth-order valence-electron chi connectivity index (χ4n) is 3.53. The van der Waals surface area contributed by atoms with Gasteiger partial charge in [0.15, 0.2) is 0 Å². The first-order valence-corrected chi connectivity index (χ1v) is 12.1. The van der Waals surface area contributed by atoms with Crippen molar-refractivity contribution in [3.63, 3.8) is 0 Å². The summed E-state index contributed by atoms with van der Waals surface area (Å²) in [5.74, 6) is 5.40. The molecule has 1 aliphatic rings. The molecule has 0 aromatic heterocycles. The number of ether oxygens (including phenoxy) is 2. The van der Waals surface area contributed by atoms with Crippen molar-refractivity contribution >= 4 is 12.2 Å². The third-order valence-corrected chi connectivity index (χ3v) is 5.11. The summed E-state index contributed by atoms with van der Waals surface area (Å²) in [6.07, 6.45) is 12.0. The molecule has 0 aliphatic carbocycles. The van der Waals surface area contributed by atoms with E-state index in [1.807, 2.05) is 41.5 Å². The van der Waals surface area contributed by atoms with Gasteiger partial charge in [0.2, 0.25) is 0 Å². The quantitative estimate of drug-likeness (QED) is 0.571. The molecule has 1 aliphatic heterocycles. The summed E-state index contributed by atoms with van der Waals surface area (Å²) in [6.45, 7) is 17.0. The third kappa shape index (κ3) is 12.7. The SMILES string of the molecule is C#CCN1CCCN(C(=O)OC(C)(C)C)CCN(CC#C)CCCN(C(=O)OC(C)(C)C)CC1. The molecular formula is C26H44N4O4. The lowest BCUT2D eigenvalue weighted by Crippen LogP contribution is -2.45. The summed E-state index contributed by atoms with van der Waals surface area (Å²) in [5.41, 5.74) is -1.12. The predicted octanol–water partition coefficient (Wildman–Crippen LogP) is 3.12. The van der Waals surface area contributed by atoms with Crippen LogP contribution in [0.3, 0.4) is 0 Å². The van der Waals surface area contributed by atoms with E-state index in [1.54, 1.807) is 9.80 Å². The van der Waals surface area contributed by atoms with E-state index in [2.05, 4.69) is 21.6 Å². The van der Waals surface area contributed by atoms with Crippen LogP contribution < -0.4 is 0 Å². The molecule has 34 heavy (non-hydrogen) atoms.